The zero-order valence-electron chi connectivity index (χ0n) is 6.71. The second kappa shape index (κ2) is 2.95. The minimum Gasteiger partial charge on any atom is -0.378 e. The van der Waals surface area contributed by atoms with Gasteiger partial charge < -0.3 is 9.47 Å². The lowest BCUT2D eigenvalue weighted by Gasteiger charge is -2.25. The molecule has 0 aromatic carbocycles. The molecule has 1 atom stereocenters. The summed E-state index contributed by atoms with van der Waals surface area (Å²) in [6.07, 6.45) is 7.65. The molecule has 0 radical (unpaired) electrons. The molecule has 0 amide bonds. The van der Waals surface area contributed by atoms with Gasteiger partial charge in [0.15, 0.2) is 0 Å². The van der Waals surface area contributed by atoms with Crippen LogP contribution in [0.2, 0.25) is 0 Å². The molecule has 0 N–H and O–H groups in total. The summed E-state index contributed by atoms with van der Waals surface area (Å²) in [6, 6.07) is 0. The fraction of sp³-hybridized carbons (Fsp3) is 0.778. The van der Waals surface area contributed by atoms with Crippen molar-refractivity contribution in [2.45, 2.75) is 24.9 Å². The zero-order chi connectivity index (χ0) is 7.57. The van der Waals surface area contributed by atoms with E-state index in [1.54, 1.807) is 0 Å². The van der Waals surface area contributed by atoms with Gasteiger partial charge in [0.1, 0.15) is 0 Å². The molecule has 0 unspecified atom stereocenters. The third-order valence-electron chi connectivity index (χ3n) is 2.49. The van der Waals surface area contributed by atoms with E-state index in [1.165, 1.54) is 0 Å². The Hall–Kier alpha value is -0.340. The van der Waals surface area contributed by atoms with Gasteiger partial charge in [0.05, 0.1) is 18.8 Å². The molecule has 2 rings (SSSR count). The highest BCUT2D eigenvalue weighted by Crippen LogP contribution is 2.29. The van der Waals surface area contributed by atoms with Crippen LogP contribution in [0, 0.1) is 0 Å². The normalized spacial score (nSPS) is 37.8. The van der Waals surface area contributed by atoms with Crippen LogP contribution in [0.5, 0.6) is 0 Å². The van der Waals surface area contributed by atoms with Gasteiger partial charge in [-0.05, 0) is 12.8 Å². The van der Waals surface area contributed by atoms with Crippen molar-refractivity contribution in [3.8, 4) is 0 Å². The molecule has 2 heterocycles. The zero-order valence-corrected chi connectivity index (χ0v) is 6.71. The Morgan fingerprint density at radius 2 is 2.18 bits per heavy atom. The van der Waals surface area contributed by atoms with Gasteiger partial charge in [-0.25, -0.2) is 0 Å². The Bertz CT molecular complexity index is 145. The standard InChI is InChI=1S/C9H14O2/c1-2-4-9(11-6-3-1)5-7-10-8-9/h1,3H,2,4-8H2/t9-/m0/s1. The number of rotatable bonds is 0. The summed E-state index contributed by atoms with van der Waals surface area (Å²) in [6.45, 7) is 2.44. The van der Waals surface area contributed by atoms with Gasteiger partial charge in [0.25, 0.3) is 0 Å². The second-order valence-electron chi connectivity index (χ2n) is 3.31. The molecule has 2 nitrogen and oxygen atoms in total. The smallest absolute Gasteiger partial charge is 0.0943 e. The summed E-state index contributed by atoms with van der Waals surface area (Å²) in [5, 5.41) is 0. The molecule has 62 valence electrons. The lowest BCUT2D eigenvalue weighted by Crippen LogP contribution is -2.32. The third kappa shape index (κ3) is 1.47. The Morgan fingerprint density at radius 1 is 1.18 bits per heavy atom. The van der Waals surface area contributed by atoms with Crippen molar-refractivity contribution in [2.24, 2.45) is 0 Å². The summed E-state index contributed by atoms with van der Waals surface area (Å²) >= 11 is 0. The van der Waals surface area contributed by atoms with E-state index in [9.17, 15) is 0 Å². The predicted molar refractivity (Wildman–Crippen MR) is 42.5 cm³/mol. The minimum atomic E-state index is 0.0729. The molecule has 0 aromatic rings. The average Bonchev–Trinajstić information content (AvgIpc) is 2.32. The minimum absolute atomic E-state index is 0.0729. The van der Waals surface area contributed by atoms with Crippen LogP contribution in [-0.2, 0) is 9.47 Å². The first kappa shape index (κ1) is 7.32. The Kier molecular flexibility index (Phi) is 1.96. The quantitative estimate of drug-likeness (QED) is 0.492. The summed E-state index contributed by atoms with van der Waals surface area (Å²) in [5.41, 5.74) is 0.0729. The fourth-order valence-electron chi connectivity index (χ4n) is 1.73. The van der Waals surface area contributed by atoms with Gasteiger partial charge in [-0.2, -0.15) is 0 Å². The van der Waals surface area contributed by atoms with Crippen molar-refractivity contribution < 1.29 is 9.47 Å². The molecule has 2 aliphatic rings. The third-order valence-corrected chi connectivity index (χ3v) is 2.49. The van der Waals surface area contributed by atoms with Crippen LogP contribution in [-0.4, -0.2) is 25.4 Å². The maximum atomic E-state index is 5.74. The van der Waals surface area contributed by atoms with E-state index in [1.807, 2.05) is 0 Å². The van der Waals surface area contributed by atoms with E-state index in [4.69, 9.17) is 9.47 Å². The highest BCUT2D eigenvalue weighted by Gasteiger charge is 2.35. The molecule has 0 aliphatic carbocycles. The average molecular weight is 154 g/mol. The maximum absolute atomic E-state index is 5.74. The lowest BCUT2D eigenvalue weighted by atomic mass is 9.97. The van der Waals surface area contributed by atoms with Crippen molar-refractivity contribution in [2.75, 3.05) is 19.8 Å². The van der Waals surface area contributed by atoms with E-state index in [0.717, 1.165) is 39.1 Å². The summed E-state index contributed by atoms with van der Waals surface area (Å²) < 4.78 is 11.1. The number of allylic oxidation sites excluding steroid dienone is 1. The van der Waals surface area contributed by atoms with Crippen LogP contribution in [0.4, 0.5) is 0 Å². The van der Waals surface area contributed by atoms with Gasteiger partial charge in [-0.3, -0.25) is 0 Å². The molecule has 0 bridgehead atoms. The highest BCUT2D eigenvalue weighted by molar-refractivity contribution is 4.94. The van der Waals surface area contributed by atoms with Gasteiger partial charge in [-0.1, -0.05) is 12.2 Å². The molecular weight excluding hydrogens is 140 g/mol. The van der Waals surface area contributed by atoms with Crippen LogP contribution in [0.25, 0.3) is 0 Å². The molecule has 1 spiro atoms. The molecular formula is C9H14O2. The number of ether oxygens (including phenoxy) is 2. The summed E-state index contributed by atoms with van der Waals surface area (Å²) in [7, 11) is 0. The lowest BCUT2D eigenvalue weighted by molar-refractivity contribution is -0.0378. The maximum Gasteiger partial charge on any atom is 0.0943 e. The predicted octanol–water partition coefficient (Wildman–Crippen LogP) is 1.51. The van der Waals surface area contributed by atoms with Crippen LogP contribution >= 0.6 is 0 Å². The number of hydrogen-bond donors (Lipinski definition) is 0. The van der Waals surface area contributed by atoms with Crippen molar-refractivity contribution in [3.63, 3.8) is 0 Å². The summed E-state index contributed by atoms with van der Waals surface area (Å²) in [5.74, 6) is 0. The van der Waals surface area contributed by atoms with Crippen molar-refractivity contribution in [3.05, 3.63) is 12.2 Å². The van der Waals surface area contributed by atoms with Crippen LogP contribution in [0.1, 0.15) is 19.3 Å². The van der Waals surface area contributed by atoms with Gasteiger partial charge in [-0.15, -0.1) is 0 Å². The molecule has 0 saturated carbocycles. The van der Waals surface area contributed by atoms with Gasteiger partial charge in [0.2, 0.25) is 0 Å². The molecule has 0 aromatic heterocycles. The Labute approximate surface area is 67.2 Å². The molecule has 1 fully saturated rings. The highest BCUT2D eigenvalue weighted by atomic mass is 16.6. The Balaban J connectivity index is 2.01. The van der Waals surface area contributed by atoms with E-state index < -0.39 is 0 Å². The van der Waals surface area contributed by atoms with Crippen LogP contribution < -0.4 is 0 Å². The van der Waals surface area contributed by atoms with E-state index in [-0.39, 0.29) is 5.60 Å². The van der Waals surface area contributed by atoms with Gasteiger partial charge in [0, 0.05) is 13.0 Å². The summed E-state index contributed by atoms with van der Waals surface area (Å²) in [4.78, 5) is 0. The van der Waals surface area contributed by atoms with E-state index in [2.05, 4.69) is 12.2 Å². The molecule has 1 saturated heterocycles. The topological polar surface area (TPSA) is 18.5 Å². The van der Waals surface area contributed by atoms with Gasteiger partial charge >= 0.3 is 0 Å². The molecule has 11 heavy (non-hydrogen) atoms. The van der Waals surface area contributed by atoms with E-state index >= 15 is 0 Å². The first-order valence-electron chi connectivity index (χ1n) is 4.28. The van der Waals surface area contributed by atoms with Crippen molar-refractivity contribution in [1.29, 1.82) is 0 Å². The van der Waals surface area contributed by atoms with Crippen molar-refractivity contribution >= 4 is 0 Å². The SMILES string of the molecule is C1=CCO[C@@]2(CC1)CCOC2. The van der Waals surface area contributed by atoms with Crippen molar-refractivity contribution in [1.82, 2.24) is 0 Å². The first-order valence-corrected chi connectivity index (χ1v) is 4.28. The monoisotopic (exact) mass is 154 g/mol. The molecule has 2 aliphatic heterocycles. The van der Waals surface area contributed by atoms with E-state index in [0.29, 0.717) is 0 Å². The van der Waals surface area contributed by atoms with Crippen LogP contribution in [0.15, 0.2) is 12.2 Å². The fourth-order valence-corrected chi connectivity index (χ4v) is 1.73. The van der Waals surface area contributed by atoms with Crippen LogP contribution in [0.3, 0.4) is 0 Å². The first-order chi connectivity index (χ1) is 5.41. The molecule has 2 heteroatoms. The number of hydrogen-bond acceptors (Lipinski definition) is 2. The largest absolute Gasteiger partial charge is 0.378 e. The second-order valence-corrected chi connectivity index (χ2v) is 3.31. The Morgan fingerprint density at radius 3 is 3.00 bits per heavy atom.